The number of rotatable bonds is 2. The van der Waals surface area contributed by atoms with Gasteiger partial charge in [0.25, 0.3) is 0 Å². The van der Waals surface area contributed by atoms with Gasteiger partial charge in [0.05, 0.1) is 0 Å². The van der Waals surface area contributed by atoms with E-state index >= 15 is 0 Å². The Morgan fingerprint density at radius 3 is 2.65 bits per heavy atom. The third kappa shape index (κ3) is 2.67. The Labute approximate surface area is 105 Å². The third-order valence-electron chi connectivity index (χ3n) is 5.20. The molecule has 1 aliphatic carbocycles. The number of nitrogens with zero attached hydrogens (tertiary/aromatic N) is 1. The van der Waals surface area contributed by atoms with E-state index in [1.807, 2.05) is 0 Å². The Hall–Kier alpha value is -0.120. The molecule has 0 aromatic heterocycles. The Balaban J connectivity index is 1.52. The van der Waals surface area contributed by atoms with Crippen LogP contribution in [-0.4, -0.2) is 43.7 Å². The summed E-state index contributed by atoms with van der Waals surface area (Å²) < 4.78 is 0. The fraction of sp³-hybridized carbons (Fsp3) is 1.00. The zero-order valence-corrected chi connectivity index (χ0v) is 10.9. The molecule has 0 amide bonds. The molecule has 0 spiro atoms. The van der Waals surface area contributed by atoms with E-state index in [1.165, 1.54) is 64.8 Å². The van der Waals surface area contributed by atoms with Crippen LogP contribution in [0, 0.1) is 17.8 Å². The van der Waals surface area contributed by atoms with Crippen molar-refractivity contribution < 1.29 is 0 Å². The van der Waals surface area contributed by atoms with Crippen LogP contribution >= 0.6 is 0 Å². The van der Waals surface area contributed by atoms with Gasteiger partial charge in [0.15, 0.2) is 0 Å². The molecule has 3 rings (SSSR count). The summed E-state index contributed by atoms with van der Waals surface area (Å²) in [5.74, 6) is 2.67. The SMILES string of the molecule is NC1CCCC2CN(CC3CCNCC3)CC12. The lowest BCUT2D eigenvalue weighted by atomic mass is 9.78. The highest BCUT2D eigenvalue weighted by Crippen LogP contribution is 2.36. The van der Waals surface area contributed by atoms with Crippen molar-refractivity contribution in [3.05, 3.63) is 0 Å². The average molecular weight is 237 g/mol. The van der Waals surface area contributed by atoms with Gasteiger partial charge in [0, 0.05) is 25.7 Å². The van der Waals surface area contributed by atoms with Crippen LogP contribution in [0.4, 0.5) is 0 Å². The number of hydrogen-bond acceptors (Lipinski definition) is 3. The summed E-state index contributed by atoms with van der Waals surface area (Å²) in [6.45, 7) is 6.41. The van der Waals surface area contributed by atoms with Gasteiger partial charge in [0.2, 0.25) is 0 Å². The molecule has 3 nitrogen and oxygen atoms in total. The highest BCUT2D eigenvalue weighted by molar-refractivity contribution is 4.93. The molecule has 0 aromatic rings. The predicted molar refractivity (Wildman–Crippen MR) is 70.8 cm³/mol. The second-order valence-corrected chi connectivity index (χ2v) is 6.43. The Kier molecular flexibility index (Phi) is 3.69. The normalized spacial score (nSPS) is 40.4. The van der Waals surface area contributed by atoms with Gasteiger partial charge < -0.3 is 16.0 Å². The Bertz CT molecular complexity index is 250. The van der Waals surface area contributed by atoms with E-state index in [2.05, 4.69) is 10.2 Å². The van der Waals surface area contributed by atoms with Gasteiger partial charge in [-0.1, -0.05) is 6.42 Å². The first-order chi connectivity index (χ1) is 8.33. The Morgan fingerprint density at radius 1 is 1.06 bits per heavy atom. The van der Waals surface area contributed by atoms with Crippen molar-refractivity contribution in [2.24, 2.45) is 23.5 Å². The highest BCUT2D eigenvalue weighted by atomic mass is 15.2. The summed E-state index contributed by atoms with van der Waals surface area (Å²) in [7, 11) is 0. The lowest BCUT2D eigenvalue weighted by Gasteiger charge is -2.30. The number of fused-ring (bicyclic) bond motifs is 1. The molecule has 0 bridgehead atoms. The predicted octanol–water partition coefficient (Wildman–Crippen LogP) is 1.05. The van der Waals surface area contributed by atoms with E-state index < -0.39 is 0 Å². The van der Waals surface area contributed by atoms with Crippen LogP contribution in [0.2, 0.25) is 0 Å². The standard InChI is InChI=1S/C14H27N3/c15-14-3-1-2-12-9-17(10-13(12)14)8-11-4-6-16-7-5-11/h11-14,16H,1-10,15H2. The zero-order chi connectivity index (χ0) is 11.7. The molecule has 2 saturated heterocycles. The van der Waals surface area contributed by atoms with E-state index in [4.69, 9.17) is 5.73 Å². The van der Waals surface area contributed by atoms with Crippen LogP contribution in [0.15, 0.2) is 0 Å². The maximum atomic E-state index is 6.28. The number of likely N-dealkylation sites (tertiary alicyclic amines) is 1. The van der Waals surface area contributed by atoms with Crippen molar-refractivity contribution in [3.63, 3.8) is 0 Å². The minimum atomic E-state index is 0.492. The molecule has 3 unspecified atom stereocenters. The molecular formula is C14H27N3. The molecule has 98 valence electrons. The second-order valence-electron chi connectivity index (χ2n) is 6.43. The average Bonchev–Trinajstić information content (AvgIpc) is 2.74. The lowest BCUT2D eigenvalue weighted by Crippen LogP contribution is -2.38. The largest absolute Gasteiger partial charge is 0.327 e. The molecule has 3 heteroatoms. The van der Waals surface area contributed by atoms with Crippen molar-refractivity contribution in [2.45, 2.75) is 38.1 Å². The molecule has 0 aromatic carbocycles. The van der Waals surface area contributed by atoms with Crippen molar-refractivity contribution >= 4 is 0 Å². The monoisotopic (exact) mass is 237 g/mol. The van der Waals surface area contributed by atoms with Gasteiger partial charge >= 0.3 is 0 Å². The first kappa shape index (κ1) is 11.9. The van der Waals surface area contributed by atoms with Crippen LogP contribution in [0.3, 0.4) is 0 Å². The quantitative estimate of drug-likeness (QED) is 0.754. The fourth-order valence-corrected chi connectivity index (χ4v) is 4.19. The Morgan fingerprint density at radius 2 is 1.88 bits per heavy atom. The van der Waals surface area contributed by atoms with Crippen LogP contribution in [-0.2, 0) is 0 Å². The summed E-state index contributed by atoms with van der Waals surface area (Å²) in [6.07, 6.45) is 6.81. The molecule has 3 fully saturated rings. The van der Waals surface area contributed by atoms with E-state index in [0.29, 0.717) is 6.04 Å². The molecule has 1 saturated carbocycles. The number of piperidine rings is 1. The molecule has 2 aliphatic heterocycles. The summed E-state index contributed by atoms with van der Waals surface area (Å²) >= 11 is 0. The highest BCUT2D eigenvalue weighted by Gasteiger charge is 2.38. The van der Waals surface area contributed by atoms with Crippen LogP contribution < -0.4 is 11.1 Å². The third-order valence-corrected chi connectivity index (χ3v) is 5.20. The minimum Gasteiger partial charge on any atom is -0.327 e. The van der Waals surface area contributed by atoms with E-state index in [-0.39, 0.29) is 0 Å². The van der Waals surface area contributed by atoms with Crippen molar-refractivity contribution in [1.29, 1.82) is 0 Å². The van der Waals surface area contributed by atoms with Crippen molar-refractivity contribution in [1.82, 2.24) is 10.2 Å². The maximum Gasteiger partial charge on any atom is 0.00825 e. The molecule has 3 N–H and O–H groups in total. The van der Waals surface area contributed by atoms with E-state index in [9.17, 15) is 0 Å². The molecule has 3 atom stereocenters. The fourth-order valence-electron chi connectivity index (χ4n) is 4.19. The lowest BCUT2D eigenvalue weighted by molar-refractivity contribution is 0.230. The van der Waals surface area contributed by atoms with Gasteiger partial charge in [-0.3, -0.25) is 0 Å². The molecule has 17 heavy (non-hydrogen) atoms. The van der Waals surface area contributed by atoms with Gasteiger partial charge in [0.1, 0.15) is 0 Å². The topological polar surface area (TPSA) is 41.3 Å². The molecule has 3 aliphatic rings. The van der Waals surface area contributed by atoms with E-state index in [1.54, 1.807) is 0 Å². The smallest absolute Gasteiger partial charge is 0.00825 e. The zero-order valence-electron chi connectivity index (χ0n) is 10.9. The van der Waals surface area contributed by atoms with Gasteiger partial charge in [-0.15, -0.1) is 0 Å². The number of nitrogens with two attached hydrogens (primary N) is 1. The summed E-state index contributed by atoms with van der Waals surface area (Å²) in [6, 6.07) is 0.492. The van der Waals surface area contributed by atoms with Crippen LogP contribution in [0.1, 0.15) is 32.1 Å². The summed E-state index contributed by atoms with van der Waals surface area (Å²) in [5.41, 5.74) is 6.28. The molecule has 0 radical (unpaired) electrons. The summed E-state index contributed by atoms with van der Waals surface area (Å²) in [4.78, 5) is 2.72. The first-order valence-corrected chi connectivity index (χ1v) is 7.51. The van der Waals surface area contributed by atoms with Crippen molar-refractivity contribution in [3.8, 4) is 0 Å². The van der Waals surface area contributed by atoms with Crippen LogP contribution in [0.25, 0.3) is 0 Å². The van der Waals surface area contributed by atoms with Gasteiger partial charge in [-0.25, -0.2) is 0 Å². The maximum absolute atomic E-state index is 6.28. The number of hydrogen-bond donors (Lipinski definition) is 2. The second kappa shape index (κ2) is 5.25. The van der Waals surface area contributed by atoms with Gasteiger partial charge in [-0.05, 0) is 56.5 Å². The first-order valence-electron chi connectivity index (χ1n) is 7.51. The molecular weight excluding hydrogens is 210 g/mol. The summed E-state index contributed by atoms with van der Waals surface area (Å²) in [5, 5.41) is 3.46. The number of nitrogens with one attached hydrogen (secondary N) is 1. The minimum absolute atomic E-state index is 0.492. The van der Waals surface area contributed by atoms with Crippen molar-refractivity contribution in [2.75, 3.05) is 32.7 Å². The molecule has 2 heterocycles. The van der Waals surface area contributed by atoms with Gasteiger partial charge in [-0.2, -0.15) is 0 Å². The van der Waals surface area contributed by atoms with Crippen LogP contribution in [0.5, 0.6) is 0 Å². The van der Waals surface area contributed by atoms with E-state index in [0.717, 1.165) is 17.8 Å².